The van der Waals surface area contributed by atoms with Gasteiger partial charge < -0.3 is 14.9 Å². The molecule has 0 radical (unpaired) electrons. The van der Waals surface area contributed by atoms with Crippen LogP contribution in [-0.2, 0) is 0 Å². The van der Waals surface area contributed by atoms with Crippen molar-refractivity contribution in [3.05, 3.63) is 41.7 Å². The summed E-state index contributed by atoms with van der Waals surface area (Å²) in [6.07, 6.45) is 1.38. The standard InChI is InChI=1S/C16H20N2O3/c1-11-5-7-13(8-6-11)14-10-15(21-18-14)16(20)17-12(2)4-3-9-19/h5-8,10,12,19H,3-4,9H2,1-2H3,(H,17,20). The van der Waals surface area contributed by atoms with Gasteiger partial charge in [0, 0.05) is 24.3 Å². The lowest BCUT2D eigenvalue weighted by Gasteiger charge is -2.11. The Morgan fingerprint density at radius 3 is 2.76 bits per heavy atom. The Morgan fingerprint density at radius 2 is 2.10 bits per heavy atom. The summed E-state index contributed by atoms with van der Waals surface area (Å²) in [6.45, 7) is 4.03. The van der Waals surface area contributed by atoms with Crippen molar-refractivity contribution in [2.24, 2.45) is 0 Å². The molecule has 2 rings (SSSR count). The number of rotatable bonds is 6. The van der Waals surface area contributed by atoms with E-state index in [0.717, 1.165) is 17.5 Å². The zero-order valence-corrected chi connectivity index (χ0v) is 12.3. The Balaban J connectivity index is 2.02. The number of aromatic nitrogens is 1. The van der Waals surface area contributed by atoms with Gasteiger partial charge in [-0.3, -0.25) is 4.79 Å². The summed E-state index contributed by atoms with van der Waals surface area (Å²) in [7, 11) is 0. The van der Waals surface area contributed by atoms with Crippen molar-refractivity contribution in [2.75, 3.05) is 6.61 Å². The van der Waals surface area contributed by atoms with Crippen molar-refractivity contribution in [3.8, 4) is 11.3 Å². The van der Waals surface area contributed by atoms with Crippen LogP contribution in [0.2, 0.25) is 0 Å². The van der Waals surface area contributed by atoms with Crippen LogP contribution in [0.15, 0.2) is 34.9 Å². The third-order valence-electron chi connectivity index (χ3n) is 3.25. The van der Waals surface area contributed by atoms with Crippen molar-refractivity contribution < 1.29 is 14.4 Å². The molecule has 1 unspecified atom stereocenters. The summed E-state index contributed by atoms with van der Waals surface area (Å²) in [5.41, 5.74) is 2.72. The fraction of sp³-hybridized carbons (Fsp3) is 0.375. The number of amides is 1. The highest BCUT2D eigenvalue weighted by atomic mass is 16.5. The largest absolute Gasteiger partial charge is 0.396 e. The molecule has 5 heteroatoms. The Labute approximate surface area is 124 Å². The molecule has 0 spiro atoms. The lowest BCUT2D eigenvalue weighted by molar-refractivity contribution is 0.0899. The lowest BCUT2D eigenvalue weighted by Crippen LogP contribution is -2.32. The molecule has 1 atom stereocenters. The van der Waals surface area contributed by atoms with E-state index in [9.17, 15) is 4.79 Å². The first-order valence-electron chi connectivity index (χ1n) is 7.05. The van der Waals surface area contributed by atoms with Gasteiger partial charge in [-0.05, 0) is 26.7 Å². The molecule has 2 N–H and O–H groups in total. The molecule has 0 aliphatic carbocycles. The molecule has 5 nitrogen and oxygen atoms in total. The van der Waals surface area contributed by atoms with Crippen molar-refractivity contribution in [2.45, 2.75) is 32.7 Å². The van der Waals surface area contributed by atoms with Gasteiger partial charge in [-0.15, -0.1) is 0 Å². The van der Waals surface area contributed by atoms with E-state index in [0.29, 0.717) is 12.1 Å². The molecule has 21 heavy (non-hydrogen) atoms. The predicted molar refractivity (Wildman–Crippen MR) is 79.9 cm³/mol. The van der Waals surface area contributed by atoms with Crippen LogP contribution in [0.1, 0.15) is 35.9 Å². The average Bonchev–Trinajstić information content (AvgIpc) is 2.96. The minimum Gasteiger partial charge on any atom is -0.396 e. The first-order valence-corrected chi connectivity index (χ1v) is 7.05. The van der Waals surface area contributed by atoms with Gasteiger partial charge in [-0.1, -0.05) is 35.0 Å². The SMILES string of the molecule is Cc1ccc(-c2cc(C(=O)NC(C)CCCO)on2)cc1. The van der Waals surface area contributed by atoms with E-state index in [1.165, 1.54) is 0 Å². The van der Waals surface area contributed by atoms with Crippen LogP contribution in [-0.4, -0.2) is 28.8 Å². The minimum absolute atomic E-state index is 0.0161. The number of aryl methyl sites for hydroxylation is 1. The van der Waals surface area contributed by atoms with Crippen LogP contribution in [0.25, 0.3) is 11.3 Å². The molecule has 1 heterocycles. The zero-order chi connectivity index (χ0) is 15.2. The highest BCUT2D eigenvalue weighted by Gasteiger charge is 2.15. The van der Waals surface area contributed by atoms with Gasteiger partial charge in [0.2, 0.25) is 5.76 Å². The maximum atomic E-state index is 12.0. The molecule has 0 aliphatic rings. The number of hydrogen-bond donors (Lipinski definition) is 2. The van der Waals surface area contributed by atoms with E-state index in [4.69, 9.17) is 9.63 Å². The summed E-state index contributed by atoms with van der Waals surface area (Å²) in [6, 6.07) is 9.48. The van der Waals surface area contributed by atoms with E-state index in [-0.39, 0.29) is 24.3 Å². The fourth-order valence-corrected chi connectivity index (χ4v) is 2.01. The molecule has 0 bridgehead atoms. The Bertz CT molecular complexity index is 590. The van der Waals surface area contributed by atoms with E-state index >= 15 is 0 Å². The van der Waals surface area contributed by atoms with Crippen LogP contribution in [0.3, 0.4) is 0 Å². The molecule has 1 amide bonds. The van der Waals surface area contributed by atoms with E-state index in [2.05, 4.69) is 10.5 Å². The Hall–Kier alpha value is -2.14. The maximum Gasteiger partial charge on any atom is 0.290 e. The van der Waals surface area contributed by atoms with Crippen LogP contribution in [0, 0.1) is 6.92 Å². The molecule has 1 aromatic carbocycles. The van der Waals surface area contributed by atoms with Gasteiger partial charge in [-0.25, -0.2) is 0 Å². The fourth-order valence-electron chi connectivity index (χ4n) is 2.01. The normalized spacial score (nSPS) is 12.1. The average molecular weight is 288 g/mol. The number of aliphatic hydroxyl groups is 1. The van der Waals surface area contributed by atoms with Gasteiger partial charge in [-0.2, -0.15) is 0 Å². The van der Waals surface area contributed by atoms with Crippen molar-refractivity contribution in [1.29, 1.82) is 0 Å². The van der Waals surface area contributed by atoms with Crippen LogP contribution in [0.5, 0.6) is 0 Å². The summed E-state index contributed by atoms with van der Waals surface area (Å²) in [5.74, 6) is -0.0901. The monoisotopic (exact) mass is 288 g/mol. The first kappa shape index (κ1) is 15.3. The molecule has 0 saturated carbocycles. The van der Waals surface area contributed by atoms with Crippen LogP contribution in [0.4, 0.5) is 0 Å². The minimum atomic E-state index is -0.286. The van der Waals surface area contributed by atoms with Gasteiger partial charge in [0.1, 0.15) is 5.69 Å². The summed E-state index contributed by atoms with van der Waals surface area (Å²) in [5, 5.41) is 15.5. The molecule has 1 aromatic heterocycles. The number of carbonyl (C=O) groups is 1. The van der Waals surface area contributed by atoms with Gasteiger partial charge in [0.15, 0.2) is 0 Å². The predicted octanol–water partition coefficient (Wildman–Crippen LogP) is 2.54. The lowest BCUT2D eigenvalue weighted by atomic mass is 10.1. The maximum absolute atomic E-state index is 12.0. The zero-order valence-electron chi connectivity index (χ0n) is 12.3. The Morgan fingerprint density at radius 1 is 1.38 bits per heavy atom. The van der Waals surface area contributed by atoms with Crippen molar-refractivity contribution in [1.82, 2.24) is 10.5 Å². The highest BCUT2D eigenvalue weighted by Crippen LogP contribution is 2.19. The first-order chi connectivity index (χ1) is 10.1. The molecule has 0 saturated heterocycles. The second-order valence-corrected chi connectivity index (χ2v) is 5.18. The Kier molecular flexibility index (Phi) is 5.11. The van der Waals surface area contributed by atoms with Crippen molar-refractivity contribution >= 4 is 5.91 Å². The van der Waals surface area contributed by atoms with Gasteiger partial charge >= 0.3 is 0 Å². The number of carbonyl (C=O) groups excluding carboxylic acids is 1. The molecule has 0 aliphatic heterocycles. The second-order valence-electron chi connectivity index (χ2n) is 5.18. The third-order valence-corrected chi connectivity index (χ3v) is 3.25. The van der Waals surface area contributed by atoms with E-state index in [1.807, 2.05) is 38.1 Å². The molecule has 2 aromatic rings. The number of nitrogens with zero attached hydrogens (tertiary/aromatic N) is 1. The van der Waals surface area contributed by atoms with Gasteiger partial charge in [0.25, 0.3) is 5.91 Å². The number of hydrogen-bond acceptors (Lipinski definition) is 4. The smallest absolute Gasteiger partial charge is 0.290 e. The highest BCUT2D eigenvalue weighted by molar-refractivity contribution is 5.92. The molecular formula is C16H20N2O3. The molecular weight excluding hydrogens is 268 g/mol. The number of nitrogens with one attached hydrogen (secondary N) is 1. The topological polar surface area (TPSA) is 75.4 Å². The van der Waals surface area contributed by atoms with E-state index < -0.39 is 0 Å². The third kappa shape index (κ3) is 4.16. The second kappa shape index (κ2) is 7.04. The quantitative estimate of drug-likeness (QED) is 0.856. The number of benzene rings is 1. The van der Waals surface area contributed by atoms with E-state index in [1.54, 1.807) is 6.07 Å². The van der Waals surface area contributed by atoms with Crippen molar-refractivity contribution in [3.63, 3.8) is 0 Å². The molecule has 0 fully saturated rings. The van der Waals surface area contributed by atoms with Gasteiger partial charge in [0.05, 0.1) is 0 Å². The summed E-state index contributed by atoms with van der Waals surface area (Å²) < 4.78 is 5.11. The summed E-state index contributed by atoms with van der Waals surface area (Å²) in [4.78, 5) is 12.0. The molecule has 112 valence electrons. The number of aliphatic hydroxyl groups excluding tert-OH is 1. The van der Waals surface area contributed by atoms with Crippen LogP contribution >= 0.6 is 0 Å². The van der Waals surface area contributed by atoms with Crippen LogP contribution < -0.4 is 5.32 Å². The summed E-state index contributed by atoms with van der Waals surface area (Å²) >= 11 is 0.